The van der Waals surface area contributed by atoms with Crippen molar-refractivity contribution in [2.24, 2.45) is 5.92 Å². The normalized spacial score (nSPS) is 22.1. The minimum absolute atomic E-state index is 0.175. The van der Waals surface area contributed by atoms with Crippen LogP contribution in [0.3, 0.4) is 0 Å². The molecule has 2 heterocycles. The van der Waals surface area contributed by atoms with Crippen LogP contribution in [0.15, 0.2) is 24.3 Å². The summed E-state index contributed by atoms with van der Waals surface area (Å²) in [7, 11) is 0. The number of aromatic amines is 1. The van der Waals surface area contributed by atoms with Gasteiger partial charge in [0.2, 0.25) is 0 Å². The number of nitrogens with one attached hydrogen (secondary N) is 1. The maximum absolute atomic E-state index is 11.3. The molecule has 1 aliphatic rings. The predicted molar refractivity (Wildman–Crippen MR) is 74.9 cm³/mol. The molecular formula is C16H20N2O2. The SMILES string of the molecule is CC(C)C[C@@H]1[NH2+][C@@H](C(=O)[O-])Cc2c1[nH]c1ccccc21. The molecule has 3 rings (SSSR count). The number of carbonyl (C=O) groups is 1. The monoisotopic (exact) mass is 272 g/mol. The summed E-state index contributed by atoms with van der Waals surface area (Å²) < 4.78 is 0. The maximum Gasteiger partial charge on any atom is 0.131 e. The number of aromatic nitrogens is 1. The third-order valence-corrected chi connectivity index (χ3v) is 4.13. The van der Waals surface area contributed by atoms with Crippen molar-refractivity contribution in [3.05, 3.63) is 35.5 Å². The van der Waals surface area contributed by atoms with Gasteiger partial charge in [-0.3, -0.25) is 0 Å². The van der Waals surface area contributed by atoms with Gasteiger partial charge in [-0.25, -0.2) is 0 Å². The first-order chi connectivity index (χ1) is 9.56. The zero-order chi connectivity index (χ0) is 14.3. The number of aliphatic carboxylic acids is 1. The van der Waals surface area contributed by atoms with Crippen LogP contribution in [-0.4, -0.2) is 17.0 Å². The lowest BCUT2D eigenvalue weighted by molar-refractivity contribution is -0.726. The van der Waals surface area contributed by atoms with Gasteiger partial charge in [-0.15, -0.1) is 0 Å². The fraction of sp³-hybridized carbons (Fsp3) is 0.438. The third kappa shape index (κ3) is 2.20. The second-order valence-corrected chi connectivity index (χ2v) is 6.12. The van der Waals surface area contributed by atoms with E-state index in [2.05, 4.69) is 24.9 Å². The number of carbonyl (C=O) groups excluding carboxylic acids is 1. The van der Waals surface area contributed by atoms with Crippen LogP contribution in [0.4, 0.5) is 0 Å². The molecule has 0 spiro atoms. The summed E-state index contributed by atoms with van der Waals surface area (Å²) in [5.41, 5.74) is 3.44. The molecular weight excluding hydrogens is 252 g/mol. The van der Waals surface area contributed by atoms with Gasteiger partial charge in [0.25, 0.3) is 0 Å². The van der Waals surface area contributed by atoms with E-state index >= 15 is 0 Å². The first kappa shape index (κ1) is 13.2. The summed E-state index contributed by atoms with van der Waals surface area (Å²) in [6, 6.07) is 7.81. The van der Waals surface area contributed by atoms with Crippen LogP contribution in [0.5, 0.6) is 0 Å². The lowest BCUT2D eigenvalue weighted by Gasteiger charge is -2.29. The van der Waals surface area contributed by atoms with Gasteiger partial charge in [-0.05, 0) is 17.5 Å². The van der Waals surface area contributed by atoms with E-state index < -0.39 is 12.0 Å². The minimum Gasteiger partial charge on any atom is -0.544 e. The van der Waals surface area contributed by atoms with Crippen LogP contribution >= 0.6 is 0 Å². The molecule has 1 aromatic heterocycles. The van der Waals surface area contributed by atoms with Crippen molar-refractivity contribution in [2.75, 3.05) is 0 Å². The van der Waals surface area contributed by atoms with Crippen molar-refractivity contribution in [1.29, 1.82) is 0 Å². The molecule has 0 aliphatic carbocycles. The highest BCUT2D eigenvalue weighted by Gasteiger charge is 2.33. The Morgan fingerprint density at radius 1 is 1.45 bits per heavy atom. The van der Waals surface area contributed by atoms with Crippen molar-refractivity contribution in [3.63, 3.8) is 0 Å². The van der Waals surface area contributed by atoms with E-state index in [-0.39, 0.29) is 6.04 Å². The van der Waals surface area contributed by atoms with Crippen LogP contribution in [0, 0.1) is 5.92 Å². The molecule has 0 unspecified atom stereocenters. The summed E-state index contributed by atoms with van der Waals surface area (Å²) in [6.45, 7) is 4.33. The standard InChI is InChI=1S/C16H20N2O2/c1-9(2)7-13-15-11(8-14(17-13)16(19)20)10-5-3-4-6-12(10)18-15/h3-6,9,13-14,17-18H,7-8H2,1-2H3,(H,19,20)/t13-,14+/m0/s1. The van der Waals surface area contributed by atoms with Crippen LogP contribution in [0.1, 0.15) is 37.6 Å². The van der Waals surface area contributed by atoms with Crippen LogP contribution < -0.4 is 10.4 Å². The highest BCUT2D eigenvalue weighted by molar-refractivity contribution is 5.86. The number of carboxylic acid groups (broad SMARTS) is 1. The van der Waals surface area contributed by atoms with E-state index in [1.807, 2.05) is 23.5 Å². The van der Waals surface area contributed by atoms with Crippen LogP contribution in [-0.2, 0) is 11.2 Å². The number of para-hydroxylation sites is 1. The molecule has 0 fully saturated rings. The number of rotatable bonds is 3. The zero-order valence-corrected chi connectivity index (χ0v) is 11.8. The Morgan fingerprint density at radius 3 is 2.90 bits per heavy atom. The smallest absolute Gasteiger partial charge is 0.131 e. The quantitative estimate of drug-likeness (QED) is 0.853. The Balaban J connectivity index is 2.09. The van der Waals surface area contributed by atoms with Crippen LogP contribution in [0.2, 0.25) is 0 Å². The van der Waals surface area contributed by atoms with Gasteiger partial charge < -0.3 is 20.2 Å². The molecule has 0 saturated carbocycles. The molecule has 4 heteroatoms. The van der Waals surface area contributed by atoms with Gasteiger partial charge in [-0.1, -0.05) is 32.0 Å². The number of nitrogens with two attached hydrogens (primary N) is 1. The summed E-state index contributed by atoms with van der Waals surface area (Å²) in [5.74, 6) is -0.439. The number of H-pyrrole nitrogens is 1. The first-order valence-corrected chi connectivity index (χ1v) is 7.21. The Kier molecular flexibility index (Phi) is 3.26. The molecule has 3 N–H and O–H groups in total. The number of benzene rings is 1. The van der Waals surface area contributed by atoms with E-state index in [4.69, 9.17) is 0 Å². The first-order valence-electron chi connectivity index (χ1n) is 7.21. The van der Waals surface area contributed by atoms with Gasteiger partial charge in [0.05, 0.1) is 11.7 Å². The highest BCUT2D eigenvalue weighted by atomic mass is 16.4. The second-order valence-electron chi connectivity index (χ2n) is 6.12. The molecule has 20 heavy (non-hydrogen) atoms. The number of hydrogen-bond donors (Lipinski definition) is 2. The van der Waals surface area contributed by atoms with Crippen molar-refractivity contribution in [2.45, 2.75) is 38.8 Å². The Bertz CT molecular complexity index is 645. The highest BCUT2D eigenvalue weighted by Crippen LogP contribution is 2.31. The summed E-state index contributed by atoms with van der Waals surface area (Å²) in [6.07, 6.45) is 1.50. The van der Waals surface area contributed by atoms with Gasteiger partial charge in [-0.2, -0.15) is 0 Å². The summed E-state index contributed by atoms with van der Waals surface area (Å²) in [4.78, 5) is 14.8. The molecule has 2 atom stereocenters. The fourth-order valence-corrected chi connectivity index (χ4v) is 3.29. The van der Waals surface area contributed by atoms with Gasteiger partial charge in [0.1, 0.15) is 12.1 Å². The maximum atomic E-state index is 11.3. The molecule has 106 valence electrons. The van der Waals surface area contributed by atoms with Crippen LogP contribution in [0.25, 0.3) is 10.9 Å². The van der Waals surface area contributed by atoms with E-state index in [1.54, 1.807) is 0 Å². The van der Waals surface area contributed by atoms with Crippen molar-refractivity contribution >= 4 is 16.9 Å². The minimum atomic E-state index is -0.963. The summed E-state index contributed by atoms with van der Waals surface area (Å²) in [5, 5.41) is 14.4. The predicted octanol–water partition coefficient (Wildman–Crippen LogP) is 0.493. The number of quaternary nitrogens is 1. The number of fused-ring (bicyclic) bond motifs is 3. The van der Waals surface area contributed by atoms with Crippen molar-refractivity contribution in [1.82, 2.24) is 4.98 Å². The largest absolute Gasteiger partial charge is 0.544 e. The molecule has 0 saturated heterocycles. The van der Waals surface area contributed by atoms with Crippen molar-refractivity contribution < 1.29 is 15.2 Å². The number of hydrogen-bond acceptors (Lipinski definition) is 2. The van der Waals surface area contributed by atoms with E-state index in [9.17, 15) is 9.90 Å². The average molecular weight is 272 g/mol. The Hall–Kier alpha value is -1.81. The topological polar surface area (TPSA) is 72.5 Å². The van der Waals surface area contributed by atoms with E-state index in [0.717, 1.165) is 22.9 Å². The lowest BCUT2D eigenvalue weighted by Crippen LogP contribution is -2.95. The molecule has 0 radical (unpaired) electrons. The average Bonchev–Trinajstić information content (AvgIpc) is 2.77. The number of carboxylic acids is 1. The van der Waals surface area contributed by atoms with Gasteiger partial charge in [0, 0.05) is 23.7 Å². The zero-order valence-electron chi connectivity index (χ0n) is 11.8. The fourth-order valence-electron chi connectivity index (χ4n) is 3.29. The van der Waals surface area contributed by atoms with Gasteiger partial charge in [0.15, 0.2) is 0 Å². The molecule has 1 aliphatic heterocycles. The molecule has 0 bridgehead atoms. The Labute approximate surface area is 118 Å². The Morgan fingerprint density at radius 2 is 2.20 bits per heavy atom. The van der Waals surface area contributed by atoms with Gasteiger partial charge >= 0.3 is 0 Å². The van der Waals surface area contributed by atoms with Crippen molar-refractivity contribution in [3.8, 4) is 0 Å². The molecule has 1 aromatic carbocycles. The lowest BCUT2D eigenvalue weighted by atomic mass is 9.90. The summed E-state index contributed by atoms with van der Waals surface area (Å²) >= 11 is 0. The molecule has 0 amide bonds. The molecule has 4 nitrogen and oxygen atoms in total. The molecule has 2 aromatic rings. The third-order valence-electron chi connectivity index (χ3n) is 4.13. The van der Waals surface area contributed by atoms with E-state index in [1.165, 1.54) is 5.69 Å². The second kappa shape index (κ2) is 4.94. The van der Waals surface area contributed by atoms with E-state index in [0.29, 0.717) is 12.3 Å².